The summed E-state index contributed by atoms with van der Waals surface area (Å²) in [6.45, 7) is 0. The Labute approximate surface area is 155 Å². The summed E-state index contributed by atoms with van der Waals surface area (Å²) in [6.07, 6.45) is 1.98. The molecule has 0 saturated heterocycles. The Hall–Kier alpha value is -2.60. The highest BCUT2D eigenvalue weighted by atomic mass is 35.5. The van der Waals surface area contributed by atoms with Gasteiger partial charge in [-0.1, -0.05) is 42.6 Å². The molecule has 0 radical (unpaired) electrons. The molecule has 136 valence electrons. The predicted octanol–water partition coefficient (Wildman–Crippen LogP) is 4.43. The van der Waals surface area contributed by atoms with Gasteiger partial charge < -0.3 is 10.8 Å². The number of nitrogens with two attached hydrogens (primary N) is 1. The number of nitrogens with zero attached hydrogens (tertiary/aromatic N) is 1. The van der Waals surface area contributed by atoms with Crippen LogP contribution in [0.3, 0.4) is 0 Å². The number of primary amides is 1. The van der Waals surface area contributed by atoms with Gasteiger partial charge in [0.15, 0.2) is 0 Å². The first-order valence-corrected chi connectivity index (χ1v) is 8.61. The van der Waals surface area contributed by atoms with Crippen molar-refractivity contribution in [3.05, 3.63) is 53.3 Å². The lowest BCUT2D eigenvalue weighted by atomic mass is 9.92. The van der Waals surface area contributed by atoms with Crippen molar-refractivity contribution in [2.45, 2.75) is 31.2 Å². The fraction of sp³-hybridized carbons (Fsp3) is 0.263. The zero-order valence-electron chi connectivity index (χ0n) is 13.9. The fourth-order valence-electron chi connectivity index (χ4n) is 3.62. The van der Waals surface area contributed by atoms with Crippen LogP contribution in [0.15, 0.2) is 42.5 Å². The lowest BCUT2D eigenvalue weighted by Gasteiger charge is -2.37. The summed E-state index contributed by atoms with van der Waals surface area (Å²) < 4.78 is 13.3. The van der Waals surface area contributed by atoms with Gasteiger partial charge in [0.1, 0.15) is 11.4 Å². The van der Waals surface area contributed by atoms with Crippen LogP contribution in [0.1, 0.15) is 25.7 Å². The Morgan fingerprint density at radius 1 is 1.12 bits per heavy atom. The summed E-state index contributed by atoms with van der Waals surface area (Å²) in [5.41, 5.74) is 5.69. The van der Waals surface area contributed by atoms with Crippen molar-refractivity contribution in [1.29, 1.82) is 0 Å². The fourth-order valence-corrected chi connectivity index (χ4v) is 3.78. The minimum absolute atomic E-state index is 0.306. The molecule has 2 amide bonds. The molecule has 3 N–H and O–H groups in total. The molecule has 0 aromatic heterocycles. The lowest BCUT2D eigenvalue weighted by molar-refractivity contribution is -0.143. The van der Waals surface area contributed by atoms with Gasteiger partial charge in [-0.2, -0.15) is 0 Å². The van der Waals surface area contributed by atoms with Gasteiger partial charge in [-0.25, -0.2) is 14.0 Å². The first kappa shape index (κ1) is 18.2. The molecule has 1 aliphatic rings. The summed E-state index contributed by atoms with van der Waals surface area (Å²) in [7, 11) is 0. The van der Waals surface area contributed by atoms with E-state index >= 15 is 0 Å². The van der Waals surface area contributed by atoms with E-state index in [1.807, 2.05) is 0 Å². The number of urea groups is 1. The molecule has 1 aliphatic carbocycles. The third-order valence-electron chi connectivity index (χ3n) is 4.83. The Bertz CT molecular complexity index is 848. The van der Waals surface area contributed by atoms with Gasteiger partial charge >= 0.3 is 12.0 Å². The van der Waals surface area contributed by atoms with E-state index in [0.29, 0.717) is 47.5 Å². The molecule has 5 nitrogen and oxygen atoms in total. The quantitative estimate of drug-likeness (QED) is 0.827. The van der Waals surface area contributed by atoms with Crippen LogP contribution in [0.5, 0.6) is 0 Å². The van der Waals surface area contributed by atoms with Gasteiger partial charge in [0.2, 0.25) is 0 Å². The second kappa shape index (κ2) is 6.96. The molecule has 26 heavy (non-hydrogen) atoms. The van der Waals surface area contributed by atoms with Gasteiger partial charge in [-0.05, 0) is 42.7 Å². The number of anilines is 1. The maximum atomic E-state index is 13.3. The van der Waals surface area contributed by atoms with E-state index in [2.05, 4.69) is 0 Å². The van der Waals surface area contributed by atoms with Crippen molar-refractivity contribution in [3.8, 4) is 11.1 Å². The molecule has 0 bridgehead atoms. The van der Waals surface area contributed by atoms with E-state index in [1.165, 1.54) is 18.2 Å². The summed E-state index contributed by atoms with van der Waals surface area (Å²) in [6, 6.07) is 9.67. The zero-order valence-corrected chi connectivity index (χ0v) is 14.7. The molecule has 2 aromatic carbocycles. The topological polar surface area (TPSA) is 83.6 Å². The van der Waals surface area contributed by atoms with Crippen molar-refractivity contribution in [1.82, 2.24) is 0 Å². The Balaban J connectivity index is 2.22. The number of amides is 2. The average molecular weight is 377 g/mol. The molecular weight excluding hydrogens is 359 g/mol. The predicted molar refractivity (Wildman–Crippen MR) is 97.7 cm³/mol. The van der Waals surface area contributed by atoms with Crippen LogP contribution in [0, 0.1) is 5.82 Å². The standard InChI is InChI=1S/C19H18ClFN2O3/c20-13-5-8-15(12-3-6-14(21)7-4-12)16(11-13)23(18(22)26)19(17(24)25)9-1-2-10-19/h3-8,11H,1-2,9-10H2,(H2,22,26)(H,24,25). The van der Waals surface area contributed by atoms with Gasteiger partial charge in [-0.3, -0.25) is 4.90 Å². The Morgan fingerprint density at radius 3 is 2.27 bits per heavy atom. The number of hydrogen-bond acceptors (Lipinski definition) is 2. The minimum Gasteiger partial charge on any atom is -0.479 e. The molecule has 0 unspecified atom stereocenters. The highest BCUT2D eigenvalue weighted by Crippen LogP contribution is 2.43. The highest BCUT2D eigenvalue weighted by Gasteiger charge is 2.49. The highest BCUT2D eigenvalue weighted by molar-refractivity contribution is 6.31. The maximum Gasteiger partial charge on any atom is 0.330 e. The van der Waals surface area contributed by atoms with E-state index in [9.17, 15) is 19.1 Å². The van der Waals surface area contributed by atoms with Crippen molar-refractivity contribution in [2.75, 3.05) is 4.90 Å². The van der Waals surface area contributed by atoms with Crippen molar-refractivity contribution >= 4 is 29.3 Å². The summed E-state index contributed by atoms with van der Waals surface area (Å²) in [4.78, 5) is 25.5. The minimum atomic E-state index is -1.41. The molecule has 2 aromatic rings. The number of rotatable bonds is 4. The Morgan fingerprint density at radius 2 is 1.73 bits per heavy atom. The molecule has 1 saturated carbocycles. The van der Waals surface area contributed by atoms with Crippen LogP contribution in [-0.2, 0) is 4.79 Å². The largest absolute Gasteiger partial charge is 0.479 e. The summed E-state index contributed by atoms with van der Waals surface area (Å²) in [5, 5.41) is 10.2. The number of aliphatic carboxylic acids is 1. The lowest BCUT2D eigenvalue weighted by Crippen LogP contribution is -2.57. The first-order chi connectivity index (χ1) is 12.3. The van der Waals surface area contributed by atoms with E-state index in [-0.39, 0.29) is 0 Å². The molecule has 0 atom stereocenters. The molecule has 1 fully saturated rings. The number of benzene rings is 2. The first-order valence-electron chi connectivity index (χ1n) is 8.24. The van der Waals surface area contributed by atoms with Crippen LogP contribution >= 0.6 is 11.6 Å². The van der Waals surface area contributed by atoms with Crippen molar-refractivity contribution in [3.63, 3.8) is 0 Å². The average Bonchev–Trinajstić information content (AvgIpc) is 3.07. The Kier molecular flexibility index (Phi) is 4.87. The monoisotopic (exact) mass is 376 g/mol. The number of carboxylic acid groups (broad SMARTS) is 1. The van der Waals surface area contributed by atoms with E-state index in [1.54, 1.807) is 24.3 Å². The van der Waals surface area contributed by atoms with Crippen LogP contribution in [0.25, 0.3) is 11.1 Å². The van der Waals surface area contributed by atoms with Gasteiger partial charge in [0.25, 0.3) is 0 Å². The van der Waals surface area contributed by atoms with E-state index in [0.717, 1.165) is 4.90 Å². The van der Waals surface area contributed by atoms with E-state index in [4.69, 9.17) is 17.3 Å². The normalized spacial score (nSPS) is 15.6. The van der Waals surface area contributed by atoms with Gasteiger partial charge in [0.05, 0.1) is 5.69 Å². The zero-order chi connectivity index (χ0) is 18.9. The van der Waals surface area contributed by atoms with Gasteiger partial charge in [0, 0.05) is 10.6 Å². The number of carbonyl (C=O) groups excluding carboxylic acids is 1. The summed E-state index contributed by atoms with van der Waals surface area (Å²) >= 11 is 6.12. The van der Waals surface area contributed by atoms with E-state index < -0.39 is 23.4 Å². The van der Waals surface area contributed by atoms with Crippen molar-refractivity contribution in [2.24, 2.45) is 5.73 Å². The summed E-state index contributed by atoms with van der Waals surface area (Å²) in [5.74, 6) is -1.49. The smallest absolute Gasteiger partial charge is 0.330 e. The van der Waals surface area contributed by atoms with Crippen molar-refractivity contribution < 1.29 is 19.1 Å². The molecule has 0 aliphatic heterocycles. The maximum absolute atomic E-state index is 13.3. The molecule has 0 spiro atoms. The second-order valence-corrected chi connectivity index (χ2v) is 6.82. The number of hydrogen-bond donors (Lipinski definition) is 2. The number of carbonyl (C=O) groups is 2. The molecular formula is C19H18ClFN2O3. The third kappa shape index (κ3) is 3.12. The van der Waals surface area contributed by atoms with Crippen LogP contribution in [0.2, 0.25) is 5.02 Å². The molecule has 7 heteroatoms. The molecule has 3 rings (SSSR count). The van der Waals surface area contributed by atoms with Crippen LogP contribution in [0.4, 0.5) is 14.9 Å². The number of carboxylic acids is 1. The van der Waals surface area contributed by atoms with Gasteiger partial charge in [-0.15, -0.1) is 0 Å². The SMILES string of the molecule is NC(=O)N(c1cc(Cl)ccc1-c1ccc(F)cc1)C1(C(=O)O)CCCC1. The third-order valence-corrected chi connectivity index (χ3v) is 5.07. The molecule has 0 heterocycles. The van der Waals surface area contributed by atoms with Crippen LogP contribution < -0.4 is 10.6 Å². The number of halogens is 2. The second-order valence-electron chi connectivity index (χ2n) is 6.39. The van der Waals surface area contributed by atoms with Crippen LogP contribution in [-0.4, -0.2) is 22.6 Å².